The van der Waals surface area contributed by atoms with Crippen LogP contribution in [0.1, 0.15) is 26.2 Å². The molecule has 0 aromatic heterocycles. The molecule has 0 saturated heterocycles. The van der Waals surface area contributed by atoms with Gasteiger partial charge in [0.2, 0.25) is 0 Å². The van der Waals surface area contributed by atoms with Gasteiger partial charge in [0.05, 0.1) is 8.67 Å². The molecule has 0 N–H and O–H groups in total. The molecule has 0 saturated carbocycles. The third-order valence-electron chi connectivity index (χ3n) is 2.09. The minimum Gasteiger partial charge on any atom is -0.385 e. The van der Waals surface area contributed by atoms with Gasteiger partial charge in [-0.25, -0.2) is 12.1 Å². The van der Waals surface area contributed by atoms with Crippen LogP contribution in [0.15, 0.2) is 0 Å². The number of thiol groups is 1. The van der Waals surface area contributed by atoms with Crippen molar-refractivity contribution in [2.24, 2.45) is 0 Å². The van der Waals surface area contributed by atoms with Gasteiger partial charge < -0.3 is 9.47 Å². The zero-order chi connectivity index (χ0) is 9.94. The second-order valence-electron chi connectivity index (χ2n) is 3.17. The van der Waals surface area contributed by atoms with E-state index in [-0.39, 0.29) is 8.67 Å². The fourth-order valence-corrected chi connectivity index (χ4v) is 3.15. The summed E-state index contributed by atoms with van der Waals surface area (Å²) in [4.78, 5) is 0. The van der Waals surface area contributed by atoms with Crippen LogP contribution in [0.3, 0.4) is 0 Å². The fourth-order valence-electron chi connectivity index (χ4n) is 1.24. The highest BCUT2D eigenvalue weighted by Gasteiger charge is 2.06. The maximum atomic E-state index is 5.33. The Morgan fingerprint density at radius 2 is 2.08 bits per heavy atom. The van der Waals surface area contributed by atoms with Crippen LogP contribution in [-0.2, 0) is 9.47 Å². The first kappa shape index (κ1) is 13.5. The van der Waals surface area contributed by atoms with Crippen LogP contribution < -0.4 is 0 Å². The molecular formula is C9H22O2SSi. The summed E-state index contributed by atoms with van der Waals surface area (Å²) in [6.45, 7) is 4.66. The van der Waals surface area contributed by atoms with Gasteiger partial charge in [0.1, 0.15) is 0 Å². The smallest absolute Gasteiger partial charge is 0.0844 e. The highest BCUT2D eigenvalue weighted by atomic mass is 32.3. The van der Waals surface area contributed by atoms with Gasteiger partial charge in [0.25, 0.3) is 0 Å². The predicted molar refractivity (Wildman–Crippen MR) is 63.5 cm³/mol. The molecule has 1 atom stereocenters. The number of ether oxygens (including phenoxy) is 2. The SMILES string of the molecule is CCOCCC(CCCOC)[SiH2]S. The molecule has 0 heterocycles. The van der Waals surface area contributed by atoms with Gasteiger partial charge in [-0.1, -0.05) is 6.42 Å². The minimum absolute atomic E-state index is 0.169. The van der Waals surface area contributed by atoms with Gasteiger partial charge in [-0.3, -0.25) is 0 Å². The summed E-state index contributed by atoms with van der Waals surface area (Å²) < 4.78 is 10.4. The molecule has 0 aliphatic rings. The van der Waals surface area contributed by atoms with Gasteiger partial charge in [0.15, 0.2) is 0 Å². The van der Waals surface area contributed by atoms with E-state index in [1.807, 2.05) is 6.92 Å². The van der Waals surface area contributed by atoms with Crippen LogP contribution in [0.4, 0.5) is 0 Å². The van der Waals surface area contributed by atoms with Crippen LogP contribution in [0.25, 0.3) is 0 Å². The van der Waals surface area contributed by atoms with Gasteiger partial charge in [0, 0.05) is 26.9 Å². The Morgan fingerprint density at radius 1 is 1.31 bits per heavy atom. The Balaban J connectivity index is 3.28. The summed E-state index contributed by atoms with van der Waals surface area (Å²) in [6, 6.07) is 0. The average Bonchev–Trinajstić information content (AvgIpc) is 2.16. The third-order valence-corrected chi connectivity index (χ3v) is 4.98. The first-order chi connectivity index (χ1) is 6.35. The molecule has 1 unspecified atom stereocenters. The summed E-state index contributed by atoms with van der Waals surface area (Å²) in [5.41, 5.74) is 0.824. The molecule has 80 valence electrons. The molecule has 0 amide bonds. The molecule has 2 nitrogen and oxygen atoms in total. The van der Waals surface area contributed by atoms with Crippen molar-refractivity contribution in [2.45, 2.75) is 31.7 Å². The van der Waals surface area contributed by atoms with Crippen molar-refractivity contribution in [3.8, 4) is 0 Å². The molecule has 4 heteroatoms. The van der Waals surface area contributed by atoms with Gasteiger partial charge in [-0.2, -0.15) is 0 Å². The summed E-state index contributed by atoms with van der Waals surface area (Å²) >= 11 is 4.46. The molecule has 0 bridgehead atoms. The maximum Gasteiger partial charge on any atom is 0.0844 e. The molecule has 0 radical (unpaired) electrons. The monoisotopic (exact) mass is 222 g/mol. The van der Waals surface area contributed by atoms with Crippen LogP contribution in [0, 0.1) is 0 Å². The summed E-state index contributed by atoms with van der Waals surface area (Å²) in [5.74, 6) is 0. The van der Waals surface area contributed by atoms with Crippen LogP contribution in [-0.4, -0.2) is 35.6 Å². The van der Waals surface area contributed by atoms with Crippen molar-refractivity contribution in [3.05, 3.63) is 0 Å². The molecular weight excluding hydrogens is 200 g/mol. The highest BCUT2D eigenvalue weighted by Crippen LogP contribution is 2.17. The van der Waals surface area contributed by atoms with Crippen molar-refractivity contribution in [2.75, 3.05) is 26.9 Å². The molecule has 0 aliphatic carbocycles. The van der Waals surface area contributed by atoms with Crippen molar-refractivity contribution in [1.29, 1.82) is 0 Å². The van der Waals surface area contributed by atoms with E-state index in [1.165, 1.54) is 19.3 Å². The summed E-state index contributed by atoms with van der Waals surface area (Å²) in [5, 5.41) is 0. The highest BCUT2D eigenvalue weighted by molar-refractivity contribution is 8.07. The fraction of sp³-hybridized carbons (Fsp3) is 1.00. The number of rotatable bonds is 9. The second kappa shape index (κ2) is 10.6. The third kappa shape index (κ3) is 8.81. The van der Waals surface area contributed by atoms with E-state index in [4.69, 9.17) is 9.47 Å². The lowest BCUT2D eigenvalue weighted by molar-refractivity contribution is 0.141. The average molecular weight is 222 g/mol. The minimum atomic E-state index is -0.169. The molecule has 0 aromatic rings. The molecule has 0 aliphatic heterocycles. The van der Waals surface area contributed by atoms with Crippen molar-refractivity contribution >= 4 is 20.7 Å². The molecule has 0 aromatic carbocycles. The molecule has 0 spiro atoms. The Bertz CT molecular complexity index is 93.6. The van der Waals surface area contributed by atoms with Gasteiger partial charge >= 0.3 is 0 Å². The zero-order valence-corrected chi connectivity index (χ0v) is 11.1. The maximum absolute atomic E-state index is 5.33. The molecule has 0 fully saturated rings. The van der Waals surface area contributed by atoms with E-state index in [9.17, 15) is 0 Å². The van der Waals surface area contributed by atoms with Crippen molar-refractivity contribution < 1.29 is 9.47 Å². The van der Waals surface area contributed by atoms with E-state index in [0.717, 1.165) is 25.4 Å². The lowest BCUT2D eigenvalue weighted by atomic mass is 10.2. The summed E-state index contributed by atoms with van der Waals surface area (Å²) in [6.07, 6.45) is 3.62. The van der Waals surface area contributed by atoms with Crippen molar-refractivity contribution in [1.82, 2.24) is 0 Å². The Kier molecular flexibility index (Phi) is 11.0. The standard InChI is InChI=1S/C9H22O2SSi/c1-3-11-8-6-9(13-12)5-4-7-10-2/h9,12H,3-8,13H2,1-2H3. The first-order valence-electron chi connectivity index (χ1n) is 5.02. The second-order valence-corrected chi connectivity index (χ2v) is 5.78. The number of hydrogen-bond acceptors (Lipinski definition) is 3. The topological polar surface area (TPSA) is 18.5 Å². The number of methoxy groups -OCH3 is 1. The largest absolute Gasteiger partial charge is 0.385 e. The van der Waals surface area contributed by atoms with Crippen LogP contribution in [0.5, 0.6) is 0 Å². The summed E-state index contributed by atoms with van der Waals surface area (Å²) in [7, 11) is 1.59. The van der Waals surface area contributed by atoms with E-state index < -0.39 is 0 Å². The normalized spacial score (nSPS) is 14.1. The quantitative estimate of drug-likeness (QED) is 0.363. The Morgan fingerprint density at radius 3 is 2.62 bits per heavy atom. The first-order valence-corrected chi connectivity index (χ1v) is 8.37. The lowest BCUT2D eigenvalue weighted by Crippen LogP contribution is -2.05. The van der Waals surface area contributed by atoms with E-state index in [0.29, 0.717) is 0 Å². The molecule has 13 heavy (non-hydrogen) atoms. The number of hydrogen-bond donors (Lipinski definition) is 1. The van der Waals surface area contributed by atoms with E-state index in [1.54, 1.807) is 7.11 Å². The van der Waals surface area contributed by atoms with Gasteiger partial charge in [-0.05, 0) is 25.3 Å². The van der Waals surface area contributed by atoms with Crippen molar-refractivity contribution in [3.63, 3.8) is 0 Å². The Hall–Kier alpha value is 0.487. The molecule has 0 rings (SSSR count). The zero-order valence-electron chi connectivity index (χ0n) is 8.79. The van der Waals surface area contributed by atoms with Gasteiger partial charge in [-0.15, -0.1) is 0 Å². The van der Waals surface area contributed by atoms with Crippen LogP contribution in [0.2, 0.25) is 5.54 Å². The van der Waals surface area contributed by atoms with E-state index >= 15 is 0 Å². The predicted octanol–water partition coefficient (Wildman–Crippen LogP) is 1.64. The Labute approximate surface area is 89.3 Å². The lowest BCUT2D eigenvalue weighted by Gasteiger charge is -2.12. The van der Waals surface area contributed by atoms with E-state index in [2.05, 4.69) is 12.1 Å². The van der Waals surface area contributed by atoms with Crippen LogP contribution >= 0.6 is 12.1 Å².